The predicted molar refractivity (Wildman–Crippen MR) is 195 cm³/mol. The topological polar surface area (TPSA) is 122 Å². The van der Waals surface area contributed by atoms with Crippen LogP contribution in [0.4, 0.5) is 0 Å². The van der Waals surface area contributed by atoms with Crippen LogP contribution in [0, 0.1) is 30.6 Å². The maximum absolute atomic E-state index is 14.3. The fraction of sp³-hybridized carbons (Fsp3) is 0.730. The zero-order valence-electron chi connectivity index (χ0n) is 30.7. The van der Waals surface area contributed by atoms with Crippen LogP contribution in [0.15, 0.2) is 10.8 Å². The number of carbonyl (C=O) groups excluding carboxylic acids is 4. The van der Waals surface area contributed by atoms with Crippen LogP contribution >= 0.6 is 22.7 Å². The molecule has 2 aromatic rings. The molecule has 0 unspecified atom stereocenters. The maximum Gasteiger partial charge on any atom is 0.303 e. The molecule has 2 amide bonds. The van der Waals surface area contributed by atoms with Gasteiger partial charge in [0, 0.05) is 67.7 Å². The van der Waals surface area contributed by atoms with E-state index in [9.17, 15) is 19.2 Å². The second-order valence-electron chi connectivity index (χ2n) is 15.0. The molecule has 1 aliphatic carbocycles. The van der Waals surface area contributed by atoms with E-state index in [0.717, 1.165) is 62.2 Å². The number of thiazole rings is 2. The van der Waals surface area contributed by atoms with Crippen molar-refractivity contribution >= 4 is 46.2 Å². The number of aromatic nitrogens is 2. The van der Waals surface area contributed by atoms with Gasteiger partial charge in [-0.2, -0.15) is 0 Å². The lowest BCUT2D eigenvalue weighted by Gasteiger charge is -2.40. The summed E-state index contributed by atoms with van der Waals surface area (Å²) in [5.41, 5.74) is 1.25. The first-order valence-electron chi connectivity index (χ1n) is 18.1. The molecule has 1 saturated carbocycles. The van der Waals surface area contributed by atoms with E-state index < -0.39 is 12.1 Å². The minimum Gasteiger partial charge on any atom is -0.455 e. The summed E-state index contributed by atoms with van der Waals surface area (Å²) >= 11 is 2.89. The van der Waals surface area contributed by atoms with Gasteiger partial charge >= 0.3 is 5.97 Å². The number of aryl methyl sites for hydroxylation is 1. The zero-order valence-corrected chi connectivity index (χ0v) is 32.3. The third-order valence-corrected chi connectivity index (χ3v) is 12.1. The highest BCUT2D eigenvalue weighted by Gasteiger charge is 2.40. The van der Waals surface area contributed by atoms with E-state index in [4.69, 9.17) is 4.74 Å². The van der Waals surface area contributed by atoms with Gasteiger partial charge in [-0.05, 0) is 70.4 Å². The number of carbonyl (C=O) groups is 4. The molecule has 2 aromatic heterocycles. The molecule has 1 aliphatic heterocycles. The predicted octanol–water partition coefficient (Wildman–Crippen LogP) is 6.63. The van der Waals surface area contributed by atoms with Gasteiger partial charge in [-0.1, -0.05) is 40.5 Å². The quantitative estimate of drug-likeness (QED) is 0.181. The third kappa shape index (κ3) is 10.9. The van der Waals surface area contributed by atoms with E-state index in [2.05, 4.69) is 47.9 Å². The van der Waals surface area contributed by atoms with Crippen LogP contribution in [0.25, 0.3) is 0 Å². The zero-order chi connectivity index (χ0) is 35.8. The van der Waals surface area contributed by atoms with Crippen LogP contribution in [-0.4, -0.2) is 82.1 Å². The number of Topliss-reactive ketones (excluding diaryl/α,β-unsaturated/α-hetero) is 1. The second kappa shape index (κ2) is 18.0. The average Bonchev–Trinajstić information content (AvgIpc) is 3.66. The summed E-state index contributed by atoms with van der Waals surface area (Å²) in [6.45, 7) is 12.6. The number of ketones is 1. The summed E-state index contributed by atoms with van der Waals surface area (Å²) in [5.74, 6) is -0.271. The van der Waals surface area contributed by atoms with E-state index in [0.29, 0.717) is 23.8 Å². The number of piperidine rings is 1. The number of likely N-dealkylation sites (tertiary alicyclic amines) is 1. The monoisotopic (exact) mass is 715 g/mol. The Morgan fingerprint density at radius 2 is 1.76 bits per heavy atom. The van der Waals surface area contributed by atoms with Gasteiger partial charge in [0.1, 0.15) is 10.7 Å². The molecule has 3 heterocycles. The van der Waals surface area contributed by atoms with Gasteiger partial charge in [-0.3, -0.25) is 24.1 Å². The van der Waals surface area contributed by atoms with Crippen molar-refractivity contribution < 1.29 is 23.9 Å². The van der Waals surface area contributed by atoms with Gasteiger partial charge in [0.05, 0.1) is 11.0 Å². The van der Waals surface area contributed by atoms with Crippen molar-refractivity contribution in [3.05, 3.63) is 32.2 Å². The van der Waals surface area contributed by atoms with Crippen LogP contribution in [0.2, 0.25) is 0 Å². The number of nitrogens with one attached hydrogen (secondary N) is 1. The molecule has 49 heavy (non-hydrogen) atoms. The number of rotatable bonds is 17. The first-order valence-corrected chi connectivity index (χ1v) is 19.8. The molecule has 4 rings (SSSR count). The molecule has 12 heteroatoms. The minimum atomic E-state index is -0.726. The molecule has 0 spiro atoms. The van der Waals surface area contributed by atoms with Crippen LogP contribution in [0.5, 0.6) is 0 Å². The fourth-order valence-electron chi connectivity index (χ4n) is 7.32. The summed E-state index contributed by atoms with van der Waals surface area (Å²) in [6.07, 6.45) is 7.35. The van der Waals surface area contributed by atoms with Crippen molar-refractivity contribution in [1.82, 2.24) is 25.1 Å². The summed E-state index contributed by atoms with van der Waals surface area (Å²) < 4.78 is 5.82. The normalized spacial score (nSPS) is 19.6. The lowest BCUT2D eigenvalue weighted by molar-refractivity contribution is -0.150. The van der Waals surface area contributed by atoms with E-state index in [-0.39, 0.29) is 65.6 Å². The number of likely N-dealkylation sites (N-methyl/N-ethyl adjacent to an activating group) is 1. The average molecular weight is 716 g/mol. The molecule has 1 saturated heterocycles. The second-order valence-corrected chi connectivity index (χ2v) is 16.8. The lowest BCUT2D eigenvalue weighted by atomic mass is 9.72. The van der Waals surface area contributed by atoms with Crippen molar-refractivity contribution in [2.75, 3.05) is 20.6 Å². The van der Waals surface area contributed by atoms with E-state index >= 15 is 0 Å². The van der Waals surface area contributed by atoms with Gasteiger partial charge in [-0.15, -0.1) is 22.7 Å². The van der Waals surface area contributed by atoms with E-state index in [1.807, 2.05) is 26.4 Å². The third-order valence-electron chi connectivity index (χ3n) is 10.2. The summed E-state index contributed by atoms with van der Waals surface area (Å²) in [4.78, 5) is 66.8. The SMILES string of the molecule is CC(=O)O[C@H](C[C@H](C(C)C)N(C)C(=O)[C@@H](CC(=O)[C@H]1CCCCN1C)C1CCC1)c1nc(C(=O)N[C@@H](Cc2nc(C)cs2)CC(C)C)cs1. The number of ether oxygens (including phenoxy) is 1. The van der Waals surface area contributed by atoms with E-state index in [1.165, 1.54) is 18.3 Å². The van der Waals surface area contributed by atoms with Crippen molar-refractivity contribution in [2.24, 2.45) is 23.7 Å². The number of hydrogen-bond acceptors (Lipinski definition) is 10. The molecule has 272 valence electrons. The molecule has 5 atom stereocenters. The highest BCUT2D eigenvalue weighted by molar-refractivity contribution is 7.10. The Kier molecular flexibility index (Phi) is 14.4. The number of nitrogens with zero attached hydrogens (tertiary/aromatic N) is 4. The molecule has 2 aliphatic rings. The first kappa shape index (κ1) is 39.1. The highest BCUT2D eigenvalue weighted by atomic mass is 32.1. The Morgan fingerprint density at radius 3 is 2.33 bits per heavy atom. The van der Waals surface area contributed by atoms with Gasteiger partial charge < -0.3 is 15.0 Å². The van der Waals surface area contributed by atoms with Gasteiger partial charge in [0.2, 0.25) is 5.91 Å². The lowest BCUT2D eigenvalue weighted by Crippen LogP contribution is -2.49. The van der Waals surface area contributed by atoms with Crippen LogP contribution in [0.1, 0.15) is 125 Å². The van der Waals surface area contributed by atoms with Gasteiger partial charge in [0.25, 0.3) is 5.91 Å². The molecule has 1 N–H and O–H groups in total. The Bertz CT molecular complexity index is 1420. The number of esters is 1. The maximum atomic E-state index is 14.3. The largest absolute Gasteiger partial charge is 0.455 e. The van der Waals surface area contributed by atoms with Crippen molar-refractivity contribution in [1.29, 1.82) is 0 Å². The molecular formula is C37H57N5O5S2. The van der Waals surface area contributed by atoms with Gasteiger partial charge in [0.15, 0.2) is 11.9 Å². The molecule has 0 aromatic carbocycles. The first-order chi connectivity index (χ1) is 23.2. The van der Waals surface area contributed by atoms with Crippen molar-refractivity contribution in [2.45, 2.75) is 130 Å². The molecule has 0 radical (unpaired) electrons. The Labute approximate surface area is 300 Å². The Hall–Kier alpha value is -2.70. The van der Waals surface area contributed by atoms with E-state index in [1.54, 1.807) is 21.6 Å². The highest BCUT2D eigenvalue weighted by Crippen LogP contribution is 2.38. The number of amides is 2. The number of hydrogen-bond donors (Lipinski definition) is 1. The van der Waals surface area contributed by atoms with Gasteiger partial charge in [-0.25, -0.2) is 9.97 Å². The molecule has 10 nitrogen and oxygen atoms in total. The molecular weight excluding hydrogens is 659 g/mol. The van der Waals surface area contributed by atoms with Crippen LogP contribution in [0.3, 0.4) is 0 Å². The summed E-state index contributed by atoms with van der Waals surface area (Å²) in [7, 11) is 3.83. The summed E-state index contributed by atoms with van der Waals surface area (Å²) in [5, 5.41) is 8.40. The minimum absolute atomic E-state index is 0.0115. The fourth-order valence-corrected chi connectivity index (χ4v) is 9.02. The molecule has 0 bridgehead atoms. The Morgan fingerprint density at radius 1 is 1.02 bits per heavy atom. The van der Waals surface area contributed by atoms with Crippen molar-refractivity contribution in [3.63, 3.8) is 0 Å². The standard InChI is InChI=1S/C37H57N5O5S2/c1-22(2)16-27(17-34-38-24(5)20-48-34)39-35(45)29-21-49-36(40-29)33(47-25(6)43)19-31(23(3)4)42(8)37(46)28(26-12-11-13-26)18-32(44)30-14-9-10-15-41(30)7/h20-23,26-28,30-31,33H,9-19H2,1-8H3,(H,39,45)/t27-,28+,30-,31-,33-/m1/s1. The summed E-state index contributed by atoms with van der Waals surface area (Å²) in [6, 6.07) is -0.478. The van der Waals surface area contributed by atoms with Crippen molar-refractivity contribution in [3.8, 4) is 0 Å². The smallest absolute Gasteiger partial charge is 0.303 e. The molecule has 2 fully saturated rings. The van der Waals surface area contributed by atoms with Crippen LogP contribution in [-0.2, 0) is 25.5 Å². The Balaban J connectivity index is 1.48. The van der Waals surface area contributed by atoms with Crippen LogP contribution < -0.4 is 5.32 Å².